The van der Waals surface area contributed by atoms with E-state index < -0.39 is 0 Å². The monoisotopic (exact) mass is 394 g/mol. The standard InChI is InChI=1S/C25H30O4/c1-15(2)5-7-17-11-18-12-19(21-10-8-20(26)13-23(21)27)14-29-25(18)22(24(17)28)9-6-16(3)4/h5-6,8,10-11,13,19,26-28H,7,9,12,14H2,1-4H3. The van der Waals surface area contributed by atoms with Gasteiger partial charge < -0.3 is 20.1 Å². The molecule has 0 saturated carbocycles. The van der Waals surface area contributed by atoms with Crippen molar-refractivity contribution < 1.29 is 20.1 Å². The largest absolute Gasteiger partial charge is 0.508 e. The van der Waals surface area contributed by atoms with Crippen molar-refractivity contribution in [1.29, 1.82) is 0 Å². The van der Waals surface area contributed by atoms with Crippen molar-refractivity contribution in [3.63, 3.8) is 0 Å². The third-order valence-corrected chi connectivity index (χ3v) is 5.30. The van der Waals surface area contributed by atoms with Crippen molar-refractivity contribution in [1.82, 2.24) is 0 Å². The first-order valence-corrected chi connectivity index (χ1v) is 10.0. The summed E-state index contributed by atoms with van der Waals surface area (Å²) in [5, 5.41) is 30.8. The molecular weight excluding hydrogens is 364 g/mol. The minimum absolute atomic E-state index is 0.0137. The minimum atomic E-state index is -0.0137. The molecule has 29 heavy (non-hydrogen) atoms. The van der Waals surface area contributed by atoms with Crippen molar-refractivity contribution in [3.8, 4) is 23.0 Å². The third kappa shape index (κ3) is 4.76. The van der Waals surface area contributed by atoms with Gasteiger partial charge in [-0.2, -0.15) is 0 Å². The van der Waals surface area contributed by atoms with Gasteiger partial charge in [0.25, 0.3) is 0 Å². The van der Waals surface area contributed by atoms with Crippen LogP contribution < -0.4 is 4.74 Å². The Kier molecular flexibility index (Phi) is 6.21. The molecule has 1 aliphatic rings. The first-order chi connectivity index (χ1) is 13.8. The lowest BCUT2D eigenvalue weighted by molar-refractivity contribution is 0.255. The van der Waals surface area contributed by atoms with Gasteiger partial charge in [-0.1, -0.05) is 29.4 Å². The number of benzene rings is 2. The fourth-order valence-corrected chi connectivity index (χ4v) is 3.72. The molecule has 2 aromatic rings. The molecule has 0 aliphatic carbocycles. The molecule has 1 atom stereocenters. The van der Waals surface area contributed by atoms with Crippen LogP contribution >= 0.6 is 0 Å². The Bertz CT molecular complexity index is 961. The van der Waals surface area contributed by atoms with Crippen LogP contribution in [0.1, 0.15) is 55.9 Å². The summed E-state index contributed by atoms with van der Waals surface area (Å²) in [5.41, 5.74) is 5.92. The van der Waals surface area contributed by atoms with Crippen molar-refractivity contribution in [2.45, 2.75) is 52.9 Å². The summed E-state index contributed by atoms with van der Waals surface area (Å²) in [4.78, 5) is 0. The second-order valence-corrected chi connectivity index (χ2v) is 8.28. The highest BCUT2D eigenvalue weighted by molar-refractivity contribution is 5.57. The summed E-state index contributed by atoms with van der Waals surface area (Å²) in [7, 11) is 0. The Morgan fingerprint density at radius 3 is 2.34 bits per heavy atom. The molecule has 0 aromatic heterocycles. The van der Waals surface area contributed by atoms with Crippen molar-refractivity contribution >= 4 is 0 Å². The number of ether oxygens (including phenoxy) is 1. The molecule has 0 spiro atoms. The van der Waals surface area contributed by atoms with Crippen LogP contribution in [-0.2, 0) is 19.3 Å². The van der Waals surface area contributed by atoms with Crippen LogP contribution in [0.4, 0.5) is 0 Å². The number of aromatic hydroxyl groups is 3. The van der Waals surface area contributed by atoms with E-state index in [1.165, 1.54) is 17.2 Å². The molecule has 3 N–H and O–H groups in total. The maximum Gasteiger partial charge on any atom is 0.129 e. The van der Waals surface area contributed by atoms with Gasteiger partial charge in [-0.15, -0.1) is 0 Å². The summed E-state index contributed by atoms with van der Waals surface area (Å²) in [6.07, 6.45) is 6.20. The highest BCUT2D eigenvalue weighted by Gasteiger charge is 2.28. The van der Waals surface area contributed by atoms with Gasteiger partial charge in [0.1, 0.15) is 23.0 Å². The zero-order valence-electron chi connectivity index (χ0n) is 17.6. The zero-order chi connectivity index (χ0) is 21.1. The van der Waals surface area contributed by atoms with Gasteiger partial charge in [0.2, 0.25) is 0 Å². The van der Waals surface area contributed by atoms with E-state index in [4.69, 9.17) is 4.74 Å². The van der Waals surface area contributed by atoms with E-state index in [0.717, 1.165) is 28.0 Å². The molecule has 1 aliphatic heterocycles. The van der Waals surface area contributed by atoms with Crippen LogP contribution in [-0.4, -0.2) is 21.9 Å². The summed E-state index contributed by atoms with van der Waals surface area (Å²) in [5.74, 6) is 1.18. The van der Waals surface area contributed by atoms with Crippen molar-refractivity contribution in [2.75, 3.05) is 6.61 Å². The SMILES string of the molecule is CC(C)=CCc1cc2c(c(CC=C(C)C)c1O)OCC(c1ccc(O)cc1O)C2. The van der Waals surface area contributed by atoms with E-state index in [0.29, 0.717) is 31.6 Å². The van der Waals surface area contributed by atoms with Crippen LogP contribution in [0, 0.1) is 0 Å². The van der Waals surface area contributed by atoms with Crippen molar-refractivity contribution in [2.24, 2.45) is 0 Å². The number of hydrogen-bond acceptors (Lipinski definition) is 4. The van der Waals surface area contributed by atoms with Crippen molar-refractivity contribution in [3.05, 3.63) is 69.8 Å². The van der Waals surface area contributed by atoms with Gasteiger partial charge in [-0.3, -0.25) is 0 Å². The van der Waals surface area contributed by atoms with Crippen LogP contribution in [0.15, 0.2) is 47.6 Å². The molecule has 4 nitrogen and oxygen atoms in total. The Balaban J connectivity index is 2.02. The maximum atomic E-state index is 10.9. The van der Waals surface area contributed by atoms with Gasteiger partial charge in [0.15, 0.2) is 0 Å². The molecule has 0 amide bonds. The highest BCUT2D eigenvalue weighted by atomic mass is 16.5. The summed E-state index contributed by atoms with van der Waals surface area (Å²) in [6, 6.07) is 6.72. The second kappa shape index (κ2) is 8.64. The Morgan fingerprint density at radius 2 is 1.69 bits per heavy atom. The molecule has 0 saturated heterocycles. The summed E-state index contributed by atoms with van der Waals surface area (Å²) < 4.78 is 6.12. The van der Waals surface area contributed by atoms with E-state index in [1.54, 1.807) is 12.1 Å². The van der Waals surface area contributed by atoms with E-state index in [9.17, 15) is 15.3 Å². The quantitative estimate of drug-likeness (QED) is 0.582. The van der Waals surface area contributed by atoms with E-state index in [1.807, 2.05) is 33.8 Å². The molecule has 2 aromatic carbocycles. The average molecular weight is 395 g/mol. The number of fused-ring (bicyclic) bond motifs is 1. The van der Waals surface area contributed by atoms with E-state index >= 15 is 0 Å². The van der Waals surface area contributed by atoms with Crippen LogP contribution in [0.3, 0.4) is 0 Å². The second-order valence-electron chi connectivity index (χ2n) is 8.28. The predicted octanol–water partition coefficient (Wildman–Crippen LogP) is 5.54. The number of hydrogen-bond donors (Lipinski definition) is 3. The Hall–Kier alpha value is -2.88. The smallest absolute Gasteiger partial charge is 0.129 e. The maximum absolute atomic E-state index is 10.9. The fraction of sp³-hybridized carbons (Fsp3) is 0.360. The number of phenols is 3. The first-order valence-electron chi connectivity index (χ1n) is 10.0. The summed E-state index contributed by atoms with van der Waals surface area (Å²) >= 11 is 0. The minimum Gasteiger partial charge on any atom is -0.508 e. The van der Waals surface area contributed by atoms with Gasteiger partial charge in [-0.25, -0.2) is 0 Å². The van der Waals surface area contributed by atoms with Crippen LogP contribution in [0.5, 0.6) is 23.0 Å². The Labute approximate surface area is 172 Å². The molecule has 1 heterocycles. The average Bonchev–Trinajstić information content (AvgIpc) is 2.65. The van der Waals surface area contributed by atoms with Gasteiger partial charge in [0.05, 0.1) is 6.61 Å². The number of rotatable bonds is 5. The Morgan fingerprint density at radius 1 is 1.00 bits per heavy atom. The predicted molar refractivity (Wildman–Crippen MR) is 116 cm³/mol. The lowest BCUT2D eigenvalue weighted by Gasteiger charge is -2.29. The van der Waals surface area contributed by atoms with E-state index in [2.05, 4.69) is 12.2 Å². The van der Waals surface area contributed by atoms with Gasteiger partial charge in [0, 0.05) is 23.1 Å². The molecule has 4 heteroatoms. The molecule has 0 radical (unpaired) electrons. The van der Waals surface area contributed by atoms with Gasteiger partial charge in [-0.05, 0) is 70.2 Å². The fourth-order valence-electron chi connectivity index (χ4n) is 3.72. The number of allylic oxidation sites excluding steroid dienone is 4. The molecule has 1 unspecified atom stereocenters. The topological polar surface area (TPSA) is 69.9 Å². The molecule has 0 fully saturated rings. The lowest BCUT2D eigenvalue weighted by atomic mass is 9.86. The number of phenolic OH excluding ortho intramolecular Hbond substituents is 3. The first kappa shape index (κ1) is 20.8. The molecule has 0 bridgehead atoms. The zero-order valence-corrected chi connectivity index (χ0v) is 17.6. The normalized spacial score (nSPS) is 15.2. The van der Waals surface area contributed by atoms with Crippen LogP contribution in [0.25, 0.3) is 0 Å². The molecule has 154 valence electrons. The lowest BCUT2D eigenvalue weighted by Crippen LogP contribution is -2.21. The van der Waals surface area contributed by atoms with Crippen LogP contribution in [0.2, 0.25) is 0 Å². The van der Waals surface area contributed by atoms with Gasteiger partial charge >= 0.3 is 0 Å². The highest BCUT2D eigenvalue weighted by Crippen LogP contribution is 2.43. The molecular formula is C25H30O4. The molecule has 3 rings (SSSR count). The summed E-state index contributed by atoms with van der Waals surface area (Å²) in [6.45, 7) is 8.60. The van der Waals surface area contributed by atoms with E-state index in [-0.39, 0.29) is 17.4 Å². The third-order valence-electron chi connectivity index (χ3n) is 5.30.